The van der Waals surface area contributed by atoms with Crippen LogP contribution < -0.4 is 5.73 Å². The van der Waals surface area contributed by atoms with Crippen LogP contribution in [0.4, 0.5) is 10.1 Å². The molecule has 0 spiro atoms. The highest BCUT2D eigenvalue weighted by Crippen LogP contribution is 2.18. The van der Waals surface area contributed by atoms with Crippen LogP contribution in [0.5, 0.6) is 0 Å². The largest absolute Gasteiger partial charge is 0.459 e. The molecule has 0 heterocycles. The van der Waals surface area contributed by atoms with E-state index < -0.39 is 11.8 Å². The molecule has 0 fully saturated rings. The number of hydrogen-bond acceptors (Lipinski definition) is 4. The maximum atomic E-state index is 13.4. The third-order valence-electron chi connectivity index (χ3n) is 2.47. The number of hydrogen-bond donors (Lipinski definition) is 1. The van der Waals surface area contributed by atoms with E-state index in [0.29, 0.717) is 5.56 Å². The number of anilines is 1. The van der Waals surface area contributed by atoms with Gasteiger partial charge in [0.15, 0.2) is 0 Å². The minimum absolute atomic E-state index is 0.105. The van der Waals surface area contributed by atoms with Crippen molar-refractivity contribution >= 4 is 11.7 Å². The fourth-order valence-electron chi connectivity index (χ4n) is 1.16. The zero-order valence-electron chi connectivity index (χ0n) is 10.1. The molecular formula is C12H16FNO3. The summed E-state index contributed by atoms with van der Waals surface area (Å²) < 4.78 is 23.2. The molecule has 1 unspecified atom stereocenters. The SMILES string of the molecule is COC(C)COC(=O)c1cc(N)c(C)c(F)c1. The molecule has 1 rings (SSSR count). The lowest BCUT2D eigenvalue weighted by molar-refractivity contribution is 0.0169. The van der Waals surface area contributed by atoms with Crippen molar-refractivity contribution in [3.63, 3.8) is 0 Å². The van der Waals surface area contributed by atoms with Gasteiger partial charge in [-0.15, -0.1) is 0 Å². The summed E-state index contributed by atoms with van der Waals surface area (Å²) in [5, 5.41) is 0. The Morgan fingerprint density at radius 2 is 2.18 bits per heavy atom. The van der Waals surface area contributed by atoms with Crippen molar-refractivity contribution in [3.8, 4) is 0 Å². The van der Waals surface area contributed by atoms with E-state index in [1.54, 1.807) is 13.8 Å². The molecule has 0 aromatic heterocycles. The van der Waals surface area contributed by atoms with E-state index in [9.17, 15) is 9.18 Å². The molecule has 2 N–H and O–H groups in total. The Bertz CT molecular complexity index is 397. The van der Waals surface area contributed by atoms with Gasteiger partial charge in [0.25, 0.3) is 0 Å². The summed E-state index contributed by atoms with van der Waals surface area (Å²) in [5.41, 5.74) is 6.23. The van der Waals surface area contributed by atoms with Gasteiger partial charge in [0, 0.05) is 18.4 Å². The normalized spacial score (nSPS) is 12.2. The van der Waals surface area contributed by atoms with Crippen LogP contribution in [0.25, 0.3) is 0 Å². The minimum Gasteiger partial charge on any atom is -0.459 e. The molecule has 1 atom stereocenters. The highest BCUT2D eigenvalue weighted by atomic mass is 19.1. The third-order valence-corrected chi connectivity index (χ3v) is 2.47. The van der Waals surface area contributed by atoms with Gasteiger partial charge >= 0.3 is 5.97 Å². The fourth-order valence-corrected chi connectivity index (χ4v) is 1.16. The van der Waals surface area contributed by atoms with Crippen LogP contribution in [-0.2, 0) is 9.47 Å². The molecule has 0 amide bonds. The summed E-state index contributed by atoms with van der Waals surface area (Å²) >= 11 is 0. The maximum Gasteiger partial charge on any atom is 0.338 e. The first-order chi connectivity index (χ1) is 7.95. The predicted molar refractivity (Wildman–Crippen MR) is 62.3 cm³/mol. The number of benzene rings is 1. The molecule has 1 aromatic rings. The molecule has 4 nitrogen and oxygen atoms in total. The van der Waals surface area contributed by atoms with Gasteiger partial charge < -0.3 is 15.2 Å². The lowest BCUT2D eigenvalue weighted by atomic mass is 10.1. The monoisotopic (exact) mass is 241 g/mol. The van der Waals surface area contributed by atoms with Gasteiger partial charge in [-0.2, -0.15) is 0 Å². The number of halogens is 1. The van der Waals surface area contributed by atoms with E-state index in [2.05, 4.69) is 0 Å². The van der Waals surface area contributed by atoms with Gasteiger partial charge in [-0.1, -0.05) is 0 Å². The smallest absolute Gasteiger partial charge is 0.338 e. The molecule has 1 aromatic carbocycles. The van der Waals surface area contributed by atoms with Crippen LogP contribution in [0, 0.1) is 12.7 Å². The number of ether oxygens (including phenoxy) is 2. The average molecular weight is 241 g/mol. The van der Waals surface area contributed by atoms with Crippen LogP contribution in [0.2, 0.25) is 0 Å². The number of carbonyl (C=O) groups is 1. The zero-order chi connectivity index (χ0) is 13.0. The van der Waals surface area contributed by atoms with E-state index >= 15 is 0 Å². The van der Waals surface area contributed by atoms with E-state index in [-0.39, 0.29) is 24.0 Å². The highest BCUT2D eigenvalue weighted by molar-refractivity contribution is 5.90. The summed E-state index contributed by atoms with van der Waals surface area (Å²) in [7, 11) is 1.52. The Labute approximate surface area is 99.5 Å². The Kier molecular flexibility index (Phi) is 4.45. The second kappa shape index (κ2) is 5.63. The Hall–Kier alpha value is -1.62. The van der Waals surface area contributed by atoms with Crippen LogP contribution >= 0.6 is 0 Å². The molecular weight excluding hydrogens is 225 g/mol. The number of esters is 1. The van der Waals surface area contributed by atoms with Crippen molar-refractivity contribution in [1.82, 2.24) is 0 Å². The Morgan fingerprint density at radius 1 is 1.53 bits per heavy atom. The number of rotatable bonds is 4. The first-order valence-electron chi connectivity index (χ1n) is 5.21. The highest BCUT2D eigenvalue weighted by Gasteiger charge is 2.13. The van der Waals surface area contributed by atoms with Gasteiger partial charge in [0.1, 0.15) is 12.4 Å². The van der Waals surface area contributed by atoms with Crippen LogP contribution in [0.3, 0.4) is 0 Å². The predicted octanol–water partition coefficient (Wildman–Crippen LogP) is 1.91. The summed E-state index contributed by atoms with van der Waals surface area (Å²) in [6.45, 7) is 3.43. The van der Waals surface area contributed by atoms with Crippen molar-refractivity contribution in [2.24, 2.45) is 0 Å². The third kappa shape index (κ3) is 3.42. The molecule has 0 aliphatic carbocycles. The molecule has 0 bridgehead atoms. The lowest BCUT2D eigenvalue weighted by Gasteiger charge is -2.11. The van der Waals surface area contributed by atoms with E-state index in [1.165, 1.54) is 13.2 Å². The van der Waals surface area contributed by atoms with Crippen LogP contribution in [0.15, 0.2) is 12.1 Å². The summed E-state index contributed by atoms with van der Waals surface area (Å²) in [6.07, 6.45) is -0.202. The zero-order valence-corrected chi connectivity index (χ0v) is 10.1. The Balaban J connectivity index is 2.76. The van der Waals surface area contributed by atoms with Crippen molar-refractivity contribution in [2.45, 2.75) is 20.0 Å². The molecule has 0 aliphatic heterocycles. The minimum atomic E-state index is -0.612. The summed E-state index contributed by atoms with van der Waals surface area (Å²) in [4.78, 5) is 11.6. The molecule has 5 heteroatoms. The lowest BCUT2D eigenvalue weighted by Crippen LogP contribution is -2.18. The van der Waals surface area contributed by atoms with E-state index in [4.69, 9.17) is 15.2 Å². The Morgan fingerprint density at radius 3 is 2.71 bits per heavy atom. The fraction of sp³-hybridized carbons (Fsp3) is 0.417. The number of methoxy groups -OCH3 is 1. The number of nitrogen functional groups attached to an aromatic ring is 1. The van der Waals surface area contributed by atoms with Crippen LogP contribution in [-0.4, -0.2) is 25.8 Å². The second-order valence-corrected chi connectivity index (χ2v) is 3.82. The van der Waals surface area contributed by atoms with Crippen molar-refractivity contribution < 1.29 is 18.7 Å². The van der Waals surface area contributed by atoms with Gasteiger partial charge in [-0.25, -0.2) is 9.18 Å². The van der Waals surface area contributed by atoms with Crippen molar-refractivity contribution in [1.29, 1.82) is 0 Å². The summed E-state index contributed by atoms with van der Waals surface area (Å²) in [6, 6.07) is 2.52. The number of carbonyl (C=O) groups excluding carboxylic acids is 1. The molecule has 0 radical (unpaired) electrons. The van der Waals surface area contributed by atoms with E-state index in [0.717, 1.165) is 6.07 Å². The molecule has 94 valence electrons. The number of nitrogens with two attached hydrogens (primary N) is 1. The first kappa shape index (κ1) is 13.4. The maximum absolute atomic E-state index is 13.4. The topological polar surface area (TPSA) is 61.5 Å². The molecule has 0 aliphatic rings. The van der Waals surface area contributed by atoms with Crippen molar-refractivity contribution in [2.75, 3.05) is 19.5 Å². The van der Waals surface area contributed by atoms with Crippen molar-refractivity contribution in [3.05, 3.63) is 29.1 Å². The second-order valence-electron chi connectivity index (χ2n) is 3.82. The molecule has 17 heavy (non-hydrogen) atoms. The standard InChI is InChI=1S/C12H16FNO3/c1-7(16-3)6-17-12(15)9-4-10(13)8(2)11(14)5-9/h4-5,7H,6,14H2,1-3H3. The van der Waals surface area contributed by atoms with Gasteiger partial charge in [-0.3, -0.25) is 0 Å². The molecule has 0 saturated carbocycles. The van der Waals surface area contributed by atoms with Gasteiger partial charge in [0.05, 0.1) is 11.7 Å². The molecule has 0 saturated heterocycles. The van der Waals surface area contributed by atoms with Crippen LogP contribution in [0.1, 0.15) is 22.8 Å². The van der Waals surface area contributed by atoms with Gasteiger partial charge in [-0.05, 0) is 26.0 Å². The first-order valence-corrected chi connectivity index (χ1v) is 5.21. The van der Waals surface area contributed by atoms with Gasteiger partial charge in [0.2, 0.25) is 0 Å². The van der Waals surface area contributed by atoms with E-state index in [1.807, 2.05) is 0 Å². The average Bonchev–Trinajstić information content (AvgIpc) is 2.31. The quantitative estimate of drug-likeness (QED) is 0.646. The summed E-state index contributed by atoms with van der Waals surface area (Å²) in [5.74, 6) is -1.13.